The number of nitrogens with zero attached hydrogens (tertiary/aromatic N) is 4. The lowest BCUT2D eigenvalue weighted by Crippen LogP contribution is -2.41. The van der Waals surface area contributed by atoms with Crippen LogP contribution in [0, 0.1) is 5.92 Å². The summed E-state index contributed by atoms with van der Waals surface area (Å²) in [5, 5.41) is 3.48. The summed E-state index contributed by atoms with van der Waals surface area (Å²) in [6, 6.07) is 0. The number of hydrogen-bond donors (Lipinski definition) is 1. The van der Waals surface area contributed by atoms with Gasteiger partial charge in [0.2, 0.25) is 0 Å². The smallest absolute Gasteiger partial charge is 0.193 e. The molecule has 0 amide bonds. The second-order valence-electron chi connectivity index (χ2n) is 7.27. The van der Waals surface area contributed by atoms with Crippen molar-refractivity contribution in [2.75, 3.05) is 80.2 Å². The second-order valence-corrected chi connectivity index (χ2v) is 7.27. The summed E-state index contributed by atoms with van der Waals surface area (Å²) in [5.41, 5.74) is 0. The lowest BCUT2D eigenvalue weighted by atomic mass is 10.3. The van der Waals surface area contributed by atoms with Gasteiger partial charge in [-0.05, 0) is 58.3 Å². The first kappa shape index (κ1) is 19.5. The Morgan fingerprint density at radius 3 is 2.83 bits per heavy atom. The van der Waals surface area contributed by atoms with Crippen LogP contribution in [0.3, 0.4) is 0 Å². The standard InChI is InChI=1S/C18H37N5O/c1-19-18(22(3)14-15-24-16-17-6-7-17)20-8-4-10-23-11-5-9-21(2)12-13-23/h17H,4-16H2,1-3H3,(H,19,20). The Balaban J connectivity index is 1.53. The van der Waals surface area contributed by atoms with E-state index in [9.17, 15) is 0 Å². The summed E-state index contributed by atoms with van der Waals surface area (Å²) in [4.78, 5) is 11.6. The Bertz CT molecular complexity index is 372. The van der Waals surface area contributed by atoms with Crippen molar-refractivity contribution in [1.82, 2.24) is 20.0 Å². The van der Waals surface area contributed by atoms with Gasteiger partial charge in [0.25, 0.3) is 0 Å². The van der Waals surface area contributed by atoms with Gasteiger partial charge >= 0.3 is 0 Å². The monoisotopic (exact) mass is 339 g/mol. The Morgan fingerprint density at radius 1 is 1.25 bits per heavy atom. The number of nitrogens with one attached hydrogen (secondary N) is 1. The molecule has 0 spiro atoms. The van der Waals surface area contributed by atoms with Crippen molar-refractivity contribution >= 4 is 5.96 Å². The van der Waals surface area contributed by atoms with Gasteiger partial charge in [0.05, 0.1) is 6.61 Å². The third-order valence-electron chi connectivity index (χ3n) is 4.94. The van der Waals surface area contributed by atoms with Gasteiger partial charge in [-0.1, -0.05) is 0 Å². The van der Waals surface area contributed by atoms with Gasteiger partial charge in [-0.15, -0.1) is 0 Å². The van der Waals surface area contributed by atoms with E-state index in [2.05, 4.69) is 39.1 Å². The minimum Gasteiger partial charge on any atom is -0.379 e. The van der Waals surface area contributed by atoms with Gasteiger partial charge in [-0.3, -0.25) is 4.99 Å². The molecule has 0 atom stereocenters. The van der Waals surface area contributed by atoms with E-state index in [0.717, 1.165) is 44.6 Å². The molecule has 0 radical (unpaired) electrons. The average Bonchev–Trinajstić information content (AvgIpc) is 3.40. The van der Waals surface area contributed by atoms with E-state index in [4.69, 9.17) is 4.74 Å². The number of ether oxygens (including phenoxy) is 1. The highest BCUT2D eigenvalue weighted by Gasteiger charge is 2.21. The summed E-state index contributed by atoms with van der Waals surface area (Å²) < 4.78 is 5.71. The van der Waals surface area contributed by atoms with Crippen molar-refractivity contribution in [3.05, 3.63) is 0 Å². The molecule has 0 aromatic rings. The zero-order valence-electron chi connectivity index (χ0n) is 16.0. The van der Waals surface area contributed by atoms with E-state index >= 15 is 0 Å². The van der Waals surface area contributed by atoms with Crippen molar-refractivity contribution in [3.63, 3.8) is 0 Å². The Hall–Kier alpha value is -0.850. The molecule has 0 aromatic heterocycles. The van der Waals surface area contributed by atoms with Crippen molar-refractivity contribution in [2.45, 2.75) is 25.7 Å². The van der Waals surface area contributed by atoms with E-state index in [-0.39, 0.29) is 0 Å². The van der Waals surface area contributed by atoms with Gasteiger partial charge in [-0.25, -0.2) is 0 Å². The number of aliphatic imine (C=N–C) groups is 1. The molecule has 1 aliphatic heterocycles. The third-order valence-corrected chi connectivity index (χ3v) is 4.94. The summed E-state index contributed by atoms with van der Waals surface area (Å²) in [6.45, 7) is 9.62. The number of likely N-dealkylation sites (N-methyl/N-ethyl adjacent to an activating group) is 2. The number of rotatable bonds is 9. The molecular formula is C18H37N5O. The van der Waals surface area contributed by atoms with Crippen molar-refractivity contribution < 1.29 is 4.74 Å². The first-order chi connectivity index (χ1) is 11.7. The average molecular weight is 340 g/mol. The molecule has 140 valence electrons. The van der Waals surface area contributed by atoms with E-state index in [0.29, 0.717) is 0 Å². The quantitative estimate of drug-likeness (QED) is 0.385. The van der Waals surface area contributed by atoms with E-state index in [1.54, 1.807) is 0 Å². The normalized spacial score (nSPS) is 20.9. The highest BCUT2D eigenvalue weighted by Crippen LogP contribution is 2.28. The molecule has 6 heteroatoms. The predicted molar refractivity (Wildman–Crippen MR) is 101 cm³/mol. The molecule has 1 heterocycles. The fourth-order valence-electron chi connectivity index (χ4n) is 3.05. The van der Waals surface area contributed by atoms with Crippen LogP contribution in [0.1, 0.15) is 25.7 Å². The largest absolute Gasteiger partial charge is 0.379 e. The van der Waals surface area contributed by atoms with Gasteiger partial charge < -0.3 is 24.8 Å². The molecule has 0 unspecified atom stereocenters. The zero-order chi connectivity index (χ0) is 17.2. The van der Waals surface area contributed by atoms with Crippen LogP contribution >= 0.6 is 0 Å². The number of guanidine groups is 1. The molecule has 1 saturated heterocycles. The van der Waals surface area contributed by atoms with Crippen LogP contribution in [-0.4, -0.2) is 101 Å². The minimum atomic E-state index is 0.787. The van der Waals surface area contributed by atoms with Crippen molar-refractivity contribution in [3.8, 4) is 0 Å². The lowest BCUT2D eigenvalue weighted by Gasteiger charge is -2.23. The highest BCUT2D eigenvalue weighted by molar-refractivity contribution is 5.79. The molecule has 24 heavy (non-hydrogen) atoms. The molecule has 0 bridgehead atoms. The van der Waals surface area contributed by atoms with Gasteiger partial charge in [0.1, 0.15) is 0 Å². The van der Waals surface area contributed by atoms with E-state index < -0.39 is 0 Å². The molecule has 2 fully saturated rings. The van der Waals surface area contributed by atoms with Crippen LogP contribution in [0.5, 0.6) is 0 Å². The Morgan fingerprint density at radius 2 is 2.08 bits per heavy atom. The summed E-state index contributed by atoms with van der Waals surface area (Å²) >= 11 is 0. The maximum Gasteiger partial charge on any atom is 0.193 e. The number of hydrogen-bond acceptors (Lipinski definition) is 4. The molecule has 1 saturated carbocycles. The highest BCUT2D eigenvalue weighted by atomic mass is 16.5. The van der Waals surface area contributed by atoms with Crippen LogP contribution < -0.4 is 5.32 Å². The molecule has 0 aromatic carbocycles. The first-order valence-corrected chi connectivity index (χ1v) is 9.59. The summed E-state index contributed by atoms with van der Waals surface area (Å²) in [7, 11) is 6.16. The fraction of sp³-hybridized carbons (Fsp3) is 0.944. The topological polar surface area (TPSA) is 43.3 Å². The molecule has 2 rings (SSSR count). The van der Waals surface area contributed by atoms with E-state index in [1.165, 1.54) is 52.0 Å². The van der Waals surface area contributed by atoms with Crippen LogP contribution in [-0.2, 0) is 4.74 Å². The van der Waals surface area contributed by atoms with Crippen LogP contribution in [0.2, 0.25) is 0 Å². The van der Waals surface area contributed by atoms with Crippen molar-refractivity contribution in [2.24, 2.45) is 10.9 Å². The fourth-order valence-corrected chi connectivity index (χ4v) is 3.05. The Kier molecular flexibility index (Phi) is 8.84. The predicted octanol–water partition coefficient (Wildman–Crippen LogP) is 0.948. The lowest BCUT2D eigenvalue weighted by molar-refractivity contribution is 0.115. The maximum atomic E-state index is 5.71. The van der Waals surface area contributed by atoms with Gasteiger partial charge in [0, 0.05) is 46.9 Å². The summed E-state index contributed by atoms with van der Waals surface area (Å²) in [6.07, 6.45) is 5.16. The maximum absolute atomic E-state index is 5.71. The van der Waals surface area contributed by atoms with Crippen LogP contribution in [0.4, 0.5) is 0 Å². The van der Waals surface area contributed by atoms with Crippen molar-refractivity contribution in [1.29, 1.82) is 0 Å². The zero-order valence-corrected chi connectivity index (χ0v) is 16.0. The van der Waals surface area contributed by atoms with E-state index in [1.807, 2.05) is 7.05 Å². The summed E-state index contributed by atoms with van der Waals surface area (Å²) in [5.74, 6) is 1.81. The van der Waals surface area contributed by atoms with Gasteiger partial charge in [-0.2, -0.15) is 0 Å². The van der Waals surface area contributed by atoms with Crippen LogP contribution in [0.25, 0.3) is 0 Å². The first-order valence-electron chi connectivity index (χ1n) is 9.59. The minimum absolute atomic E-state index is 0.787. The van der Waals surface area contributed by atoms with Gasteiger partial charge in [0.15, 0.2) is 5.96 Å². The van der Waals surface area contributed by atoms with Crippen LogP contribution in [0.15, 0.2) is 4.99 Å². The molecule has 1 aliphatic carbocycles. The molecule has 6 nitrogen and oxygen atoms in total. The molecular weight excluding hydrogens is 302 g/mol. The third kappa shape index (κ3) is 7.81. The Labute approximate surface area is 148 Å². The SMILES string of the molecule is CN=C(NCCCN1CCCN(C)CC1)N(C)CCOCC1CC1. The molecule has 1 N–H and O–H groups in total. The molecule has 2 aliphatic rings. The second kappa shape index (κ2) is 10.9.